The molecule has 4 atom stereocenters. The van der Waals surface area contributed by atoms with Crippen molar-refractivity contribution in [3.8, 4) is 0 Å². The molecule has 1 heterocycles. The SMILES string of the molecule is CC(C)[C@]1(O)CC[C@]2(O)CCC[C@@]23O[C@]31C. The van der Waals surface area contributed by atoms with Gasteiger partial charge in [0.25, 0.3) is 0 Å². The van der Waals surface area contributed by atoms with Crippen molar-refractivity contribution >= 4 is 0 Å². The van der Waals surface area contributed by atoms with Gasteiger partial charge in [-0.05, 0) is 44.9 Å². The molecule has 16 heavy (non-hydrogen) atoms. The quantitative estimate of drug-likeness (QED) is 0.668. The maximum absolute atomic E-state index is 10.8. The van der Waals surface area contributed by atoms with E-state index < -0.39 is 22.4 Å². The highest BCUT2D eigenvalue weighted by Gasteiger charge is 2.85. The largest absolute Gasteiger partial charge is 0.387 e. The minimum absolute atomic E-state index is 0.169. The van der Waals surface area contributed by atoms with Gasteiger partial charge in [-0.15, -0.1) is 0 Å². The van der Waals surface area contributed by atoms with E-state index >= 15 is 0 Å². The second kappa shape index (κ2) is 2.65. The molecule has 0 bridgehead atoms. The summed E-state index contributed by atoms with van der Waals surface area (Å²) in [5.41, 5.74) is -2.43. The summed E-state index contributed by atoms with van der Waals surface area (Å²) >= 11 is 0. The molecule has 1 saturated heterocycles. The molecule has 2 saturated carbocycles. The van der Waals surface area contributed by atoms with Crippen LogP contribution in [0.4, 0.5) is 0 Å². The van der Waals surface area contributed by atoms with Crippen LogP contribution in [0.3, 0.4) is 0 Å². The van der Waals surface area contributed by atoms with Crippen LogP contribution in [0.15, 0.2) is 0 Å². The van der Waals surface area contributed by atoms with E-state index in [0.29, 0.717) is 12.8 Å². The van der Waals surface area contributed by atoms with Crippen LogP contribution in [0, 0.1) is 5.92 Å². The maximum Gasteiger partial charge on any atom is 0.129 e. The summed E-state index contributed by atoms with van der Waals surface area (Å²) in [5.74, 6) is 0.169. The molecule has 0 amide bonds. The van der Waals surface area contributed by atoms with E-state index in [1.165, 1.54) is 0 Å². The second-order valence-electron chi connectivity index (χ2n) is 6.43. The molecular formula is C13H22O3. The van der Waals surface area contributed by atoms with Crippen LogP contribution >= 0.6 is 0 Å². The molecule has 92 valence electrons. The van der Waals surface area contributed by atoms with Gasteiger partial charge in [-0.1, -0.05) is 13.8 Å². The Morgan fingerprint density at radius 3 is 2.38 bits per heavy atom. The molecule has 2 aliphatic carbocycles. The average Bonchev–Trinajstić information content (AvgIpc) is 2.70. The number of epoxide rings is 1. The Morgan fingerprint density at radius 1 is 1.06 bits per heavy atom. The van der Waals surface area contributed by atoms with Gasteiger partial charge in [0.2, 0.25) is 0 Å². The zero-order valence-electron chi connectivity index (χ0n) is 10.4. The van der Waals surface area contributed by atoms with Crippen LogP contribution in [0.25, 0.3) is 0 Å². The molecule has 2 N–H and O–H groups in total. The highest BCUT2D eigenvalue weighted by Crippen LogP contribution is 2.72. The Balaban J connectivity index is 2.04. The van der Waals surface area contributed by atoms with E-state index in [0.717, 1.165) is 19.3 Å². The normalized spacial score (nSPS) is 59.6. The first-order valence-corrected chi connectivity index (χ1v) is 6.46. The van der Waals surface area contributed by atoms with Crippen LogP contribution in [0.1, 0.15) is 52.9 Å². The molecule has 0 aromatic rings. The number of hydrogen-bond donors (Lipinski definition) is 2. The average molecular weight is 226 g/mol. The highest BCUT2D eigenvalue weighted by atomic mass is 16.7. The number of hydrogen-bond acceptors (Lipinski definition) is 3. The maximum atomic E-state index is 10.8. The molecule has 1 aliphatic heterocycles. The summed E-state index contributed by atoms with van der Waals surface area (Å²) in [6, 6.07) is 0. The van der Waals surface area contributed by atoms with E-state index in [2.05, 4.69) is 0 Å². The van der Waals surface area contributed by atoms with Crippen molar-refractivity contribution < 1.29 is 14.9 Å². The predicted octanol–water partition coefficient (Wildman–Crippen LogP) is 1.61. The molecule has 0 aromatic heterocycles. The smallest absolute Gasteiger partial charge is 0.129 e. The Kier molecular flexibility index (Phi) is 1.82. The fourth-order valence-corrected chi connectivity index (χ4v) is 4.46. The molecule has 3 nitrogen and oxygen atoms in total. The molecular weight excluding hydrogens is 204 g/mol. The zero-order chi connectivity index (χ0) is 11.8. The van der Waals surface area contributed by atoms with Gasteiger partial charge >= 0.3 is 0 Å². The van der Waals surface area contributed by atoms with Crippen molar-refractivity contribution in [2.24, 2.45) is 5.92 Å². The molecule has 3 rings (SSSR count). The van der Waals surface area contributed by atoms with Crippen LogP contribution in [-0.2, 0) is 4.74 Å². The Morgan fingerprint density at radius 2 is 1.75 bits per heavy atom. The van der Waals surface area contributed by atoms with Crippen molar-refractivity contribution in [2.75, 3.05) is 0 Å². The summed E-state index contributed by atoms with van der Waals surface area (Å²) in [6.45, 7) is 6.07. The number of rotatable bonds is 1. The standard InChI is InChI=1S/C13H22O3/c1-9(2)12(15)8-7-11(14)5-4-6-13(11)10(12,3)16-13/h9,14-15H,4-8H2,1-3H3/t10-,11+,12+,13-/m0/s1. The summed E-state index contributed by atoms with van der Waals surface area (Å²) in [5, 5.41) is 21.5. The van der Waals surface area contributed by atoms with Crippen LogP contribution in [0.2, 0.25) is 0 Å². The molecule has 0 radical (unpaired) electrons. The molecule has 3 aliphatic rings. The first kappa shape index (κ1) is 11.0. The third kappa shape index (κ3) is 0.856. The fourth-order valence-electron chi connectivity index (χ4n) is 4.46. The van der Waals surface area contributed by atoms with E-state index in [1.807, 2.05) is 20.8 Å². The van der Waals surface area contributed by atoms with Crippen molar-refractivity contribution in [2.45, 2.75) is 75.3 Å². The van der Waals surface area contributed by atoms with Crippen molar-refractivity contribution in [1.29, 1.82) is 0 Å². The molecule has 3 fully saturated rings. The van der Waals surface area contributed by atoms with E-state index in [-0.39, 0.29) is 5.92 Å². The van der Waals surface area contributed by atoms with Gasteiger partial charge in [0.05, 0.1) is 11.2 Å². The van der Waals surface area contributed by atoms with E-state index in [9.17, 15) is 10.2 Å². The molecule has 3 heteroatoms. The highest BCUT2D eigenvalue weighted by molar-refractivity contribution is 5.35. The zero-order valence-corrected chi connectivity index (χ0v) is 10.4. The fraction of sp³-hybridized carbons (Fsp3) is 1.00. The lowest BCUT2D eigenvalue weighted by Crippen LogP contribution is -2.61. The lowest BCUT2D eigenvalue weighted by molar-refractivity contribution is -0.117. The first-order valence-electron chi connectivity index (χ1n) is 6.46. The lowest BCUT2D eigenvalue weighted by atomic mass is 9.60. The van der Waals surface area contributed by atoms with Gasteiger partial charge in [0.1, 0.15) is 11.2 Å². The van der Waals surface area contributed by atoms with E-state index in [1.54, 1.807) is 0 Å². The predicted molar refractivity (Wildman–Crippen MR) is 60.0 cm³/mol. The Labute approximate surface area is 96.8 Å². The summed E-state index contributed by atoms with van der Waals surface area (Å²) in [7, 11) is 0. The molecule has 0 unspecified atom stereocenters. The Bertz CT molecular complexity index is 342. The summed E-state index contributed by atoms with van der Waals surface area (Å²) in [4.78, 5) is 0. The Hall–Kier alpha value is -0.120. The second-order valence-corrected chi connectivity index (χ2v) is 6.43. The summed E-state index contributed by atoms with van der Waals surface area (Å²) in [6.07, 6.45) is 4.07. The monoisotopic (exact) mass is 226 g/mol. The van der Waals surface area contributed by atoms with Crippen molar-refractivity contribution in [1.82, 2.24) is 0 Å². The van der Waals surface area contributed by atoms with Gasteiger partial charge in [-0.25, -0.2) is 0 Å². The number of ether oxygens (including phenoxy) is 1. The molecule has 0 aromatic carbocycles. The van der Waals surface area contributed by atoms with Gasteiger partial charge in [-0.2, -0.15) is 0 Å². The van der Waals surface area contributed by atoms with Crippen LogP contribution in [0.5, 0.6) is 0 Å². The van der Waals surface area contributed by atoms with Crippen molar-refractivity contribution in [3.63, 3.8) is 0 Å². The number of aliphatic hydroxyl groups is 2. The van der Waals surface area contributed by atoms with E-state index in [4.69, 9.17) is 4.74 Å². The minimum Gasteiger partial charge on any atom is -0.387 e. The van der Waals surface area contributed by atoms with Gasteiger partial charge < -0.3 is 14.9 Å². The topological polar surface area (TPSA) is 53.0 Å². The third-order valence-electron chi connectivity index (χ3n) is 5.68. The van der Waals surface area contributed by atoms with Crippen LogP contribution < -0.4 is 0 Å². The van der Waals surface area contributed by atoms with Crippen molar-refractivity contribution in [3.05, 3.63) is 0 Å². The van der Waals surface area contributed by atoms with Gasteiger partial charge in [0.15, 0.2) is 0 Å². The van der Waals surface area contributed by atoms with Gasteiger partial charge in [-0.3, -0.25) is 0 Å². The first-order chi connectivity index (χ1) is 7.31. The summed E-state index contributed by atoms with van der Waals surface area (Å²) < 4.78 is 5.96. The molecule has 1 spiro atoms. The third-order valence-corrected chi connectivity index (χ3v) is 5.68. The lowest BCUT2D eigenvalue weighted by Gasteiger charge is -2.46. The van der Waals surface area contributed by atoms with Crippen LogP contribution in [-0.4, -0.2) is 32.6 Å². The van der Waals surface area contributed by atoms with Gasteiger partial charge in [0, 0.05) is 0 Å². The minimum atomic E-state index is -0.774.